The molecule has 0 amide bonds. The lowest BCUT2D eigenvalue weighted by atomic mass is 9.91. The van der Waals surface area contributed by atoms with Crippen LogP contribution in [0.3, 0.4) is 0 Å². The fourth-order valence-electron chi connectivity index (χ4n) is 3.42. The predicted octanol–water partition coefficient (Wildman–Crippen LogP) is 2.30. The van der Waals surface area contributed by atoms with Gasteiger partial charge in [0.25, 0.3) is 0 Å². The Kier molecular flexibility index (Phi) is 5.83. The molecule has 2 bridgehead atoms. The van der Waals surface area contributed by atoms with Crippen LogP contribution in [0.1, 0.15) is 52.4 Å². The standard InChI is InChI=1S/C16H29N3O/c1-3-9-18-16(4-2,13-17)8-5-10-19-11-14-6-7-15(12-19)20-14/h14-15,18H,3-12H2,1-2H3. The van der Waals surface area contributed by atoms with Crippen molar-refractivity contribution in [1.82, 2.24) is 10.2 Å². The number of likely N-dealkylation sites (tertiary alicyclic amines) is 1. The van der Waals surface area contributed by atoms with E-state index >= 15 is 0 Å². The number of nitrogens with zero attached hydrogens (tertiary/aromatic N) is 2. The Hall–Kier alpha value is -0.630. The maximum Gasteiger partial charge on any atom is 0.106 e. The third kappa shape index (κ3) is 3.94. The highest BCUT2D eigenvalue weighted by molar-refractivity contribution is 5.06. The molecule has 2 aliphatic rings. The molecule has 0 aromatic heterocycles. The van der Waals surface area contributed by atoms with Crippen molar-refractivity contribution in [3.8, 4) is 6.07 Å². The molecular formula is C16H29N3O. The maximum atomic E-state index is 9.49. The molecule has 0 aromatic rings. The molecule has 0 saturated carbocycles. The summed E-state index contributed by atoms with van der Waals surface area (Å²) in [5.41, 5.74) is -0.318. The molecule has 4 heteroatoms. The van der Waals surface area contributed by atoms with Crippen molar-refractivity contribution in [2.24, 2.45) is 0 Å². The van der Waals surface area contributed by atoms with Crippen molar-refractivity contribution < 1.29 is 4.74 Å². The molecule has 4 nitrogen and oxygen atoms in total. The summed E-state index contributed by atoms with van der Waals surface area (Å²) in [6.07, 6.45) is 7.42. The molecule has 2 rings (SSSR count). The summed E-state index contributed by atoms with van der Waals surface area (Å²) < 4.78 is 5.86. The molecule has 3 atom stereocenters. The number of nitriles is 1. The summed E-state index contributed by atoms with van der Waals surface area (Å²) in [6, 6.07) is 2.51. The van der Waals surface area contributed by atoms with Crippen LogP contribution in [0.2, 0.25) is 0 Å². The zero-order chi connectivity index (χ0) is 14.4. The van der Waals surface area contributed by atoms with Gasteiger partial charge in [0.15, 0.2) is 0 Å². The highest BCUT2D eigenvalue weighted by Gasteiger charge is 2.34. The van der Waals surface area contributed by atoms with Gasteiger partial charge in [0.2, 0.25) is 0 Å². The van der Waals surface area contributed by atoms with Crippen molar-refractivity contribution >= 4 is 0 Å². The van der Waals surface area contributed by atoms with Gasteiger partial charge in [0, 0.05) is 13.1 Å². The van der Waals surface area contributed by atoms with E-state index in [4.69, 9.17) is 4.74 Å². The lowest BCUT2D eigenvalue weighted by molar-refractivity contribution is -0.0388. The van der Waals surface area contributed by atoms with Crippen LogP contribution in [0.25, 0.3) is 0 Å². The first-order valence-electron chi connectivity index (χ1n) is 8.25. The molecule has 0 radical (unpaired) electrons. The minimum absolute atomic E-state index is 0.318. The van der Waals surface area contributed by atoms with E-state index in [2.05, 4.69) is 30.1 Å². The largest absolute Gasteiger partial charge is 0.372 e. The van der Waals surface area contributed by atoms with Gasteiger partial charge in [-0.25, -0.2) is 0 Å². The van der Waals surface area contributed by atoms with Gasteiger partial charge in [-0.3, -0.25) is 10.2 Å². The molecule has 2 saturated heterocycles. The van der Waals surface area contributed by atoms with E-state index < -0.39 is 0 Å². The molecule has 20 heavy (non-hydrogen) atoms. The molecule has 2 fully saturated rings. The second kappa shape index (κ2) is 7.40. The number of hydrogen-bond donors (Lipinski definition) is 1. The van der Waals surface area contributed by atoms with E-state index in [0.717, 1.165) is 51.9 Å². The molecule has 1 N–H and O–H groups in total. The average molecular weight is 279 g/mol. The molecular weight excluding hydrogens is 250 g/mol. The van der Waals surface area contributed by atoms with Crippen molar-refractivity contribution in [3.05, 3.63) is 0 Å². The smallest absolute Gasteiger partial charge is 0.106 e. The zero-order valence-electron chi connectivity index (χ0n) is 13.0. The van der Waals surface area contributed by atoms with E-state index in [1.165, 1.54) is 12.8 Å². The number of ether oxygens (including phenoxy) is 1. The average Bonchev–Trinajstić information content (AvgIpc) is 2.82. The molecule has 0 aliphatic carbocycles. The second-order valence-corrected chi connectivity index (χ2v) is 6.29. The van der Waals surface area contributed by atoms with Gasteiger partial charge < -0.3 is 4.74 Å². The highest BCUT2D eigenvalue weighted by Crippen LogP contribution is 2.26. The minimum Gasteiger partial charge on any atom is -0.372 e. The third-order valence-corrected chi connectivity index (χ3v) is 4.73. The summed E-state index contributed by atoms with van der Waals surface area (Å²) in [6.45, 7) is 8.47. The first kappa shape index (κ1) is 15.8. The second-order valence-electron chi connectivity index (χ2n) is 6.29. The van der Waals surface area contributed by atoms with Crippen LogP contribution in [-0.2, 0) is 4.74 Å². The number of morpholine rings is 1. The lowest BCUT2D eigenvalue weighted by Gasteiger charge is -2.33. The number of rotatable bonds is 8. The molecule has 2 heterocycles. The Morgan fingerprint density at radius 3 is 2.55 bits per heavy atom. The highest BCUT2D eigenvalue weighted by atomic mass is 16.5. The summed E-state index contributed by atoms with van der Waals surface area (Å²) >= 11 is 0. The van der Waals surface area contributed by atoms with Crippen molar-refractivity contribution in [1.29, 1.82) is 5.26 Å². The first-order chi connectivity index (χ1) is 9.71. The van der Waals surface area contributed by atoms with Crippen LogP contribution in [0.5, 0.6) is 0 Å². The summed E-state index contributed by atoms with van der Waals surface area (Å²) in [4.78, 5) is 2.53. The fourth-order valence-corrected chi connectivity index (χ4v) is 3.42. The summed E-state index contributed by atoms with van der Waals surface area (Å²) in [5.74, 6) is 0. The van der Waals surface area contributed by atoms with Gasteiger partial charge in [-0.1, -0.05) is 13.8 Å². The Labute approximate surface area is 123 Å². The van der Waals surface area contributed by atoms with Crippen LogP contribution in [0, 0.1) is 11.3 Å². The quantitative estimate of drug-likeness (QED) is 0.740. The Morgan fingerprint density at radius 1 is 1.30 bits per heavy atom. The van der Waals surface area contributed by atoms with Gasteiger partial charge in [-0.05, 0) is 51.6 Å². The van der Waals surface area contributed by atoms with Gasteiger partial charge in [-0.2, -0.15) is 5.26 Å². The van der Waals surface area contributed by atoms with Crippen molar-refractivity contribution in [2.45, 2.75) is 70.1 Å². The van der Waals surface area contributed by atoms with Crippen molar-refractivity contribution in [3.63, 3.8) is 0 Å². The predicted molar refractivity (Wildman–Crippen MR) is 80.5 cm³/mol. The van der Waals surface area contributed by atoms with E-state index in [1.807, 2.05) is 0 Å². The molecule has 114 valence electrons. The Morgan fingerprint density at radius 2 is 2.00 bits per heavy atom. The van der Waals surface area contributed by atoms with E-state index in [0.29, 0.717) is 12.2 Å². The summed E-state index contributed by atoms with van der Waals surface area (Å²) in [7, 11) is 0. The molecule has 2 aliphatic heterocycles. The maximum absolute atomic E-state index is 9.49. The molecule has 0 aromatic carbocycles. The number of nitrogens with one attached hydrogen (secondary N) is 1. The monoisotopic (exact) mass is 279 g/mol. The number of fused-ring (bicyclic) bond motifs is 2. The Balaban J connectivity index is 1.74. The van der Waals surface area contributed by atoms with Gasteiger partial charge in [0.1, 0.15) is 5.54 Å². The topological polar surface area (TPSA) is 48.3 Å². The molecule has 3 unspecified atom stereocenters. The first-order valence-corrected chi connectivity index (χ1v) is 8.25. The van der Waals surface area contributed by atoms with Gasteiger partial charge >= 0.3 is 0 Å². The fraction of sp³-hybridized carbons (Fsp3) is 0.938. The van der Waals surface area contributed by atoms with Crippen molar-refractivity contribution in [2.75, 3.05) is 26.2 Å². The normalized spacial score (nSPS) is 29.1. The lowest BCUT2D eigenvalue weighted by Crippen LogP contribution is -2.46. The SMILES string of the molecule is CCCNC(C#N)(CC)CCCN1CC2CCC(C1)O2. The third-order valence-electron chi connectivity index (χ3n) is 4.73. The van der Waals surface area contributed by atoms with E-state index in [-0.39, 0.29) is 5.54 Å². The summed E-state index contributed by atoms with van der Waals surface area (Å²) in [5, 5.41) is 12.9. The van der Waals surface area contributed by atoms with Gasteiger partial charge in [0.05, 0.1) is 18.3 Å². The van der Waals surface area contributed by atoms with Crippen LogP contribution in [-0.4, -0.2) is 48.8 Å². The number of hydrogen-bond acceptors (Lipinski definition) is 4. The van der Waals surface area contributed by atoms with E-state index in [9.17, 15) is 5.26 Å². The molecule has 0 spiro atoms. The van der Waals surface area contributed by atoms with Crippen LogP contribution in [0.15, 0.2) is 0 Å². The Bertz CT molecular complexity index is 329. The van der Waals surface area contributed by atoms with Crippen LogP contribution in [0.4, 0.5) is 0 Å². The minimum atomic E-state index is -0.318. The zero-order valence-corrected chi connectivity index (χ0v) is 13.0. The van der Waals surface area contributed by atoms with Crippen LogP contribution < -0.4 is 5.32 Å². The van der Waals surface area contributed by atoms with Gasteiger partial charge in [-0.15, -0.1) is 0 Å². The van der Waals surface area contributed by atoms with Crippen LogP contribution >= 0.6 is 0 Å². The van der Waals surface area contributed by atoms with E-state index in [1.54, 1.807) is 0 Å².